The van der Waals surface area contributed by atoms with Gasteiger partial charge in [-0.25, -0.2) is 12.8 Å². The lowest BCUT2D eigenvalue weighted by atomic mass is 10.1. The lowest BCUT2D eigenvalue weighted by Crippen LogP contribution is -2.51. The van der Waals surface area contributed by atoms with Gasteiger partial charge in [-0.3, -0.25) is 13.9 Å². The molecule has 0 aliphatic carbocycles. The van der Waals surface area contributed by atoms with Crippen molar-refractivity contribution in [3.63, 3.8) is 0 Å². The van der Waals surface area contributed by atoms with Gasteiger partial charge in [-0.2, -0.15) is 0 Å². The molecule has 11 heteroatoms. The predicted molar refractivity (Wildman–Crippen MR) is 144 cm³/mol. The average molecular weight is 556 g/mol. The summed E-state index contributed by atoms with van der Waals surface area (Å²) in [7, 11) is -4.33. The van der Waals surface area contributed by atoms with Gasteiger partial charge in [0.1, 0.15) is 31.6 Å². The number of anilines is 1. The first kappa shape index (κ1) is 27.9. The van der Waals surface area contributed by atoms with Crippen LogP contribution in [0.25, 0.3) is 0 Å². The van der Waals surface area contributed by atoms with Crippen LogP contribution in [0.3, 0.4) is 0 Å². The number of likely N-dealkylation sites (N-methyl/N-ethyl adjacent to an activating group) is 1. The zero-order valence-electron chi connectivity index (χ0n) is 21.7. The van der Waals surface area contributed by atoms with Crippen molar-refractivity contribution in [3.8, 4) is 11.5 Å². The van der Waals surface area contributed by atoms with E-state index in [1.807, 2.05) is 30.3 Å². The van der Waals surface area contributed by atoms with Crippen molar-refractivity contribution in [1.82, 2.24) is 10.2 Å². The summed E-state index contributed by atoms with van der Waals surface area (Å²) in [6.07, 6.45) is 0. The van der Waals surface area contributed by atoms with Crippen molar-refractivity contribution in [1.29, 1.82) is 0 Å². The molecule has 1 aliphatic rings. The van der Waals surface area contributed by atoms with Gasteiger partial charge in [0.05, 0.1) is 10.6 Å². The summed E-state index contributed by atoms with van der Waals surface area (Å²) >= 11 is 0. The normalized spacial score (nSPS) is 13.3. The number of nitrogens with zero attached hydrogens (tertiary/aromatic N) is 2. The fourth-order valence-electron chi connectivity index (χ4n) is 4.13. The lowest BCUT2D eigenvalue weighted by Gasteiger charge is -2.32. The third-order valence-electron chi connectivity index (χ3n) is 6.21. The van der Waals surface area contributed by atoms with Crippen LogP contribution in [0, 0.1) is 5.82 Å². The fourth-order valence-corrected chi connectivity index (χ4v) is 5.56. The number of ether oxygens (including phenoxy) is 2. The molecule has 1 heterocycles. The van der Waals surface area contributed by atoms with Crippen molar-refractivity contribution in [2.45, 2.75) is 31.3 Å². The number of hydrogen-bond donors (Lipinski definition) is 1. The number of nitrogens with one attached hydrogen (secondary N) is 1. The molecule has 3 aromatic rings. The number of halogens is 1. The first-order valence-corrected chi connectivity index (χ1v) is 13.9. The molecule has 39 heavy (non-hydrogen) atoms. The van der Waals surface area contributed by atoms with Gasteiger partial charge in [-0.15, -0.1) is 0 Å². The van der Waals surface area contributed by atoms with Gasteiger partial charge in [0, 0.05) is 19.2 Å². The third-order valence-corrected chi connectivity index (χ3v) is 7.98. The van der Waals surface area contributed by atoms with Crippen molar-refractivity contribution < 1.29 is 31.9 Å². The molecular formula is C28H30FN3O6S. The van der Waals surface area contributed by atoms with Gasteiger partial charge in [0.2, 0.25) is 11.8 Å². The molecule has 1 aliphatic heterocycles. The molecule has 3 aromatic carbocycles. The molecule has 4 rings (SSSR count). The van der Waals surface area contributed by atoms with Crippen LogP contribution in [0.1, 0.15) is 19.4 Å². The molecule has 1 atom stereocenters. The largest absolute Gasteiger partial charge is 0.486 e. The van der Waals surface area contributed by atoms with E-state index in [9.17, 15) is 22.4 Å². The quantitative estimate of drug-likeness (QED) is 0.412. The van der Waals surface area contributed by atoms with Crippen LogP contribution in [-0.2, 0) is 26.2 Å². The highest BCUT2D eigenvalue weighted by Crippen LogP contribution is 2.34. The second kappa shape index (κ2) is 12.2. The molecule has 0 aromatic heterocycles. The first-order valence-electron chi connectivity index (χ1n) is 12.5. The summed E-state index contributed by atoms with van der Waals surface area (Å²) < 4.78 is 53.5. The number of sulfonamides is 1. The number of benzene rings is 3. The summed E-state index contributed by atoms with van der Waals surface area (Å²) in [5.41, 5.74) is 0.856. The van der Waals surface area contributed by atoms with Gasteiger partial charge < -0.3 is 19.7 Å². The molecule has 0 bridgehead atoms. The van der Waals surface area contributed by atoms with Gasteiger partial charge in [-0.1, -0.05) is 30.3 Å². The molecule has 1 N–H and O–H groups in total. The molecule has 0 radical (unpaired) electrons. The topological polar surface area (TPSA) is 105 Å². The minimum absolute atomic E-state index is 0.0826. The van der Waals surface area contributed by atoms with Gasteiger partial charge >= 0.3 is 0 Å². The Bertz CT molecular complexity index is 1420. The van der Waals surface area contributed by atoms with Gasteiger partial charge in [-0.05, 0) is 55.8 Å². The summed E-state index contributed by atoms with van der Waals surface area (Å²) in [6, 6.07) is 17.2. The second-order valence-corrected chi connectivity index (χ2v) is 10.7. The van der Waals surface area contributed by atoms with E-state index in [1.165, 1.54) is 35.2 Å². The van der Waals surface area contributed by atoms with E-state index in [0.29, 0.717) is 18.9 Å². The van der Waals surface area contributed by atoms with Crippen LogP contribution in [0.15, 0.2) is 77.7 Å². The highest BCUT2D eigenvalue weighted by molar-refractivity contribution is 7.92. The van der Waals surface area contributed by atoms with Gasteiger partial charge in [0.15, 0.2) is 11.5 Å². The van der Waals surface area contributed by atoms with Crippen LogP contribution in [0.2, 0.25) is 0 Å². The van der Waals surface area contributed by atoms with E-state index in [-0.39, 0.29) is 35.4 Å². The van der Waals surface area contributed by atoms with E-state index in [2.05, 4.69) is 5.32 Å². The maximum absolute atomic E-state index is 13.9. The Kier molecular flexibility index (Phi) is 8.70. The fraction of sp³-hybridized carbons (Fsp3) is 0.286. The number of amides is 2. The van der Waals surface area contributed by atoms with Crippen molar-refractivity contribution in [2.24, 2.45) is 0 Å². The van der Waals surface area contributed by atoms with Crippen LogP contribution < -0.4 is 19.1 Å². The molecule has 0 unspecified atom stereocenters. The highest BCUT2D eigenvalue weighted by atomic mass is 32.2. The van der Waals surface area contributed by atoms with Crippen molar-refractivity contribution >= 4 is 27.5 Å². The number of rotatable bonds is 10. The number of fused-ring (bicyclic) bond motifs is 1. The van der Waals surface area contributed by atoms with Crippen LogP contribution in [0.4, 0.5) is 10.1 Å². The van der Waals surface area contributed by atoms with E-state index in [1.54, 1.807) is 13.8 Å². The molecule has 9 nitrogen and oxygen atoms in total. The smallest absolute Gasteiger partial charge is 0.264 e. The van der Waals surface area contributed by atoms with Gasteiger partial charge in [0.25, 0.3) is 10.0 Å². The zero-order valence-corrected chi connectivity index (χ0v) is 22.5. The van der Waals surface area contributed by atoms with Crippen LogP contribution in [0.5, 0.6) is 11.5 Å². The van der Waals surface area contributed by atoms with Crippen LogP contribution in [-0.4, -0.2) is 57.5 Å². The molecule has 0 saturated heterocycles. The van der Waals surface area contributed by atoms with E-state index >= 15 is 0 Å². The zero-order chi connectivity index (χ0) is 28.0. The number of carbonyl (C=O) groups excluding carboxylic acids is 2. The monoisotopic (exact) mass is 555 g/mol. The number of carbonyl (C=O) groups is 2. The molecule has 0 spiro atoms. The average Bonchev–Trinajstić information content (AvgIpc) is 2.95. The van der Waals surface area contributed by atoms with E-state index in [0.717, 1.165) is 22.0 Å². The highest BCUT2D eigenvalue weighted by Gasteiger charge is 2.33. The van der Waals surface area contributed by atoms with E-state index in [4.69, 9.17) is 9.47 Å². The standard InChI is InChI=1S/C28H30FN3O6S/c1-3-30-28(34)20(2)31(18-21-7-5-4-6-8-21)27(33)19-32(23-11-9-22(29)10-12-23)39(35,36)24-13-14-25-26(17-24)38-16-15-37-25/h4-14,17,20H,3,15-16,18-19H2,1-2H3,(H,30,34)/t20-/m1/s1. The Labute approximate surface area is 227 Å². The predicted octanol–water partition coefficient (Wildman–Crippen LogP) is 3.35. The summed E-state index contributed by atoms with van der Waals surface area (Å²) in [6.45, 7) is 3.79. The minimum Gasteiger partial charge on any atom is -0.486 e. The van der Waals surface area contributed by atoms with E-state index < -0.39 is 34.3 Å². The Morgan fingerprint density at radius 3 is 2.31 bits per heavy atom. The third kappa shape index (κ3) is 6.48. The summed E-state index contributed by atoms with van der Waals surface area (Å²) in [5.74, 6) is -0.858. The second-order valence-electron chi connectivity index (χ2n) is 8.87. The molecule has 206 valence electrons. The Hall–Kier alpha value is -4.12. The van der Waals surface area contributed by atoms with Crippen molar-refractivity contribution in [3.05, 3.63) is 84.2 Å². The molecule has 2 amide bonds. The first-order chi connectivity index (χ1) is 18.7. The Morgan fingerprint density at radius 1 is 0.974 bits per heavy atom. The lowest BCUT2D eigenvalue weighted by molar-refractivity contribution is -0.139. The van der Waals surface area contributed by atoms with Crippen LogP contribution >= 0.6 is 0 Å². The SMILES string of the molecule is CCNC(=O)[C@@H](C)N(Cc1ccccc1)C(=O)CN(c1ccc(F)cc1)S(=O)(=O)c1ccc2c(c1)OCCO2. The number of hydrogen-bond acceptors (Lipinski definition) is 6. The minimum atomic E-state index is -4.33. The molecule has 0 saturated carbocycles. The Balaban J connectivity index is 1.71. The maximum Gasteiger partial charge on any atom is 0.264 e. The molecular weight excluding hydrogens is 525 g/mol. The Morgan fingerprint density at radius 2 is 1.64 bits per heavy atom. The summed E-state index contributed by atoms with van der Waals surface area (Å²) in [4.78, 5) is 27.7. The summed E-state index contributed by atoms with van der Waals surface area (Å²) in [5, 5.41) is 2.71. The maximum atomic E-state index is 13.9. The molecule has 0 fully saturated rings. The van der Waals surface area contributed by atoms with Crippen molar-refractivity contribution in [2.75, 3.05) is 30.6 Å².